The Balaban J connectivity index is 1.62. The number of nitrogens with zero attached hydrogens (tertiary/aromatic N) is 4. The lowest BCUT2D eigenvalue weighted by Crippen LogP contribution is -2.43. The molecule has 4 rings (SSSR count). The van der Waals surface area contributed by atoms with Gasteiger partial charge in [0.25, 0.3) is 5.56 Å². The summed E-state index contributed by atoms with van der Waals surface area (Å²) in [5.74, 6) is 0.869. The van der Waals surface area contributed by atoms with Gasteiger partial charge in [-0.15, -0.1) is 0 Å². The predicted octanol–water partition coefficient (Wildman–Crippen LogP) is 1.82. The van der Waals surface area contributed by atoms with Gasteiger partial charge in [0.2, 0.25) is 5.95 Å². The summed E-state index contributed by atoms with van der Waals surface area (Å²) < 4.78 is 7.39. The number of hydrogen-bond acceptors (Lipinski definition) is 6. The lowest BCUT2D eigenvalue weighted by molar-refractivity contribution is 0.0974. The number of pyridine rings is 1. The van der Waals surface area contributed by atoms with Crippen LogP contribution in [0.4, 0.5) is 11.8 Å². The van der Waals surface area contributed by atoms with Gasteiger partial charge in [0, 0.05) is 26.3 Å². The molecule has 0 amide bonds. The first-order valence-electron chi connectivity index (χ1n) is 9.14. The van der Waals surface area contributed by atoms with Crippen LogP contribution in [-0.2, 0) is 11.8 Å². The summed E-state index contributed by atoms with van der Waals surface area (Å²) in [5.41, 5.74) is 7.19. The maximum absolute atomic E-state index is 12.9. The first-order valence-corrected chi connectivity index (χ1v) is 9.14. The molecule has 2 aliphatic rings. The molecule has 1 atom stereocenters. The van der Waals surface area contributed by atoms with E-state index in [1.54, 1.807) is 23.9 Å². The highest BCUT2D eigenvalue weighted by Crippen LogP contribution is 2.42. The van der Waals surface area contributed by atoms with Crippen molar-refractivity contribution < 1.29 is 4.74 Å². The molecule has 0 aliphatic carbocycles. The predicted molar refractivity (Wildman–Crippen MR) is 101 cm³/mol. The van der Waals surface area contributed by atoms with Gasteiger partial charge in [-0.25, -0.2) is 0 Å². The Bertz CT molecular complexity index is 856. The lowest BCUT2D eigenvalue weighted by Gasteiger charge is -2.39. The second kappa shape index (κ2) is 6.39. The smallest absolute Gasteiger partial charge is 0.266 e. The van der Waals surface area contributed by atoms with E-state index in [2.05, 4.69) is 21.8 Å². The molecule has 7 nitrogen and oxygen atoms in total. The first-order chi connectivity index (χ1) is 12.5. The summed E-state index contributed by atoms with van der Waals surface area (Å²) in [7, 11) is 1.75. The van der Waals surface area contributed by atoms with Crippen LogP contribution in [0.3, 0.4) is 0 Å². The summed E-state index contributed by atoms with van der Waals surface area (Å²) >= 11 is 0. The van der Waals surface area contributed by atoms with Gasteiger partial charge in [0.05, 0.1) is 18.4 Å². The van der Waals surface area contributed by atoms with Crippen LogP contribution < -0.4 is 16.2 Å². The molecule has 2 aliphatic heterocycles. The lowest BCUT2D eigenvalue weighted by atomic mass is 9.77. The average molecular weight is 355 g/mol. The molecule has 7 heteroatoms. The van der Waals surface area contributed by atoms with Gasteiger partial charge < -0.3 is 15.4 Å². The van der Waals surface area contributed by atoms with Gasteiger partial charge in [-0.2, -0.15) is 4.98 Å². The standard InChI is InChI=1S/C19H25N5O2/c1-13-11-19(12-26-13)6-9-24(10-7-19)18-22-16(20)15(17(25)23(18)2)14-5-3-4-8-21-14/h3-5,8,13H,6-7,9-12,20H2,1-2H3/t13-/m0/s1. The fourth-order valence-corrected chi connectivity index (χ4v) is 4.22. The van der Waals surface area contributed by atoms with E-state index in [1.807, 2.05) is 12.1 Å². The average Bonchev–Trinajstić information content (AvgIpc) is 3.00. The fraction of sp³-hybridized carbons (Fsp3) is 0.526. The number of rotatable bonds is 2. The highest BCUT2D eigenvalue weighted by molar-refractivity contribution is 5.70. The summed E-state index contributed by atoms with van der Waals surface area (Å²) in [6.45, 7) is 4.70. The zero-order valence-corrected chi connectivity index (χ0v) is 15.3. The number of anilines is 2. The van der Waals surface area contributed by atoms with Crippen LogP contribution in [0.2, 0.25) is 0 Å². The summed E-state index contributed by atoms with van der Waals surface area (Å²) in [4.78, 5) is 23.9. The molecule has 138 valence electrons. The largest absolute Gasteiger partial charge is 0.383 e. The Labute approximate surface area is 152 Å². The molecule has 4 heterocycles. The minimum Gasteiger partial charge on any atom is -0.383 e. The van der Waals surface area contributed by atoms with E-state index in [9.17, 15) is 4.79 Å². The number of ether oxygens (including phenoxy) is 1. The maximum atomic E-state index is 12.9. The van der Waals surface area contributed by atoms with Gasteiger partial charge in [-0.1, -0.05) is 6.07 Å². The molecule has 0 radical (unpaired) electrons. The number of nitrogens with two attached hydrogens (primary N) is 1. The van der Waals surface area contributed by atoms with Gasteiger partial charge in [0.15, 0.2) is 0 Å². The van der Waals surface area contributed by atoms with Crippen LogP contribution in [0, 0.1) is 5.41 Å². The molecule has 2 fully saturated rings. The van der Waals surface area contributed by atoms with Crippen molar-refractivity contribution in [3.63, 3.8) is 0 Å². The third kappa shape index (κ3) is 2.86. The Morgan fingerprint density at radius 3 is 2.69 bits per heavy atom. The topological polar surface area (TPSA) is 86.3 Å². The fourth-order valence-electron chi connectivity index (χ4n) is 4.22. The van der Waals surface area contributed by atoms with Crippen molar-refractivity contribution in [2.24, 2.45) is 12.5 Å². The molecule has 2 aromatic heterocycles. The molecule has 0 aromatic carbocycles. The quantitative estimate of drug-likeness (QED) is 0.884. The van der Waals surface area contributed by atoms with Crippen molar-refractivity contribution in [2.75, 3.05) is 30.3 Å². The molecule has 2 N–H and O–H groups in total. The van der Waals surface area contributed by atoms with Gasteiger partial charge in [-0.3, -0.25) is 14.3 Å². The van der Waals surface area contributed by atoms with Crippen molar-refractivity contribution in [2.45, 2.75) is 32.3 Å². The summed E-state index contributed by atoms with van der Waals surface area (Å²) in [5, 5.41) is 0. The van der Waals surface area contributed by atoms with Crippen LogP contribution in [-0.4, -0.2) is 40.3 Å². The van der Waals surface area contributed by atoms with E-state index in [0.29, 0.717) is 23.3 Å². The zero-order chi connectivity index (χ0) is 18.3. The molecular weight excluding hydrogens is 330 g/mol. The number of piperidine rings is 1. The van der Waals surface area contributed by atoms with Gasteiger partial charge in [-0.05, 0) is 43.7 Å². The van der Waals surface area contributed by atoms with Gasteiger partial charge in [0.1, 0.15) is 11.4 Å². The SMILES string of the molecule is C[C@H]1CC2(CCN(c3nc(N)c(-c4ccccn4)c(=O)n3C)CC2)CO1. The third-order valence-electron chi connectivity index (χ3n) is 5.72. The molecule has 0 unspecified atom stereocenters. The normalized spacial score (nSPS) is 22.1. The van der Waals surface area contributed by atoms with Crippen LogP contribution >= 0.6 is 0 Å². The highest BCUT2D eigenvalue weighted by atomic mass is 16.5. The Kier molecular flexibility index (Phi) is 4.19. The van der Waals surface area contributed by atoms with E-state index in [4.69, 9.17) is 10.5 Å². The van der Waals surface area contributed by atoms with Crippen molar-refractivity contribution >= 4 is 11.8 Å². The number of hydrogen-bond donors (Lipinski definition) is 1. The highest BCUT2D eigenvalue weighted by Gasteiger charge is 2.41. The van der Waals surface area contributed by atoms with E-state index in [1.165, 1.54) is 0 Å². The van der Waals surface area contributed by atoms with Crippen molar-refractivity contribution in [1.29, 1.82) is 0 Å². The number of aromatic nitrogens is 3. The monoisotopic (exact) mass is 355 g/mol. The third-order valence-corrected chi connectivity index (χ3v) is 5.72. The first kappa shape index (κ1) is 17.0. The van der Waals surface area contributed by atoms with E-state index < -0.39 is 0 Å². The van der Waals surface area contributed by atoms with Crippen LogP contribution in [0.15, 0.2) is 29.2 Å². The minimum atomic E-state index is -0.163. The van der Waals surface area contributed by atoms with Crippen LogP contribution in [0.1, 0.15) is 26.2 Å². The molecule has 2 aromatic rings. The Morgan fingerprint density at radius 1 is 1.31 bits per heavy atom. The summed E-state index contributed by atoms with van der Waals surface area (Å²) in [6, 6.07) is 5.42. The number of nitrogen functional groups attached to an aromatic ring is 1. The van der Waals surface area contributed by atoms with Gasteiger partial charge >= 0.3 is 0 Å². The van der Waals surface area contributed by atoms with Crippen molar-refractivity contribution in [1.82, 2.24) is 14.5 Å². The molecule has 0 saturated carbocycles. The molecular formula is C19H25N5O2. The zero-order valence-electron chi connectivity index (χ0n) is 15.3. The Morgan fingerprint density at radius 2 is 2.08 bits per heavy atom. The molecule has 0 bridgehead atoms. The molecule has 26 heavy (non-hydrogen) atoms. The molecule has 1 spiro atoms. The van der Waals surface area contributed by atoms with E-state index in [0.717, 1.165) is 39.0 Å². The maximum Gasteiger partial charge on any atom is 0.266 e. The second-order valence-corrected chi connectivity index (χ2v) is 7.56. The summed E-state index contributed by atoms with van der Waals surface area (Å²) in [6.07, 6.45) is 5.21. The van der Waals surface area contributed by atoms with Crippen LogP contribution in [0.25, 0.3) is 11.3 Å². The molecule has 2 saturated heterocycles. The van der Waals surface area contributed by atoms with Crippen molar-refractivity contribution in [3.05, 3.63) is 34.7 Å². The van der Waals surface area contributed by atoms with Crippen molar-refractivity contribution in [3.8, 4) is 11.3 Å². The van der Waals surface area contributed by atoms with Crippen LogP contribution in [0.5, 0.6) is 0 Å². The van der Waals surface area contributed by atoms with E-state index >= 15 is 0 Å². The minimum absolute atomic E-state index is 0.163. The van der Waals surface area contributed by atoms with E-state index in [-0.39, 0.29) is 16.8 Å². The Hall–Kier alpha value is -2.41. The second-order valence-electron chi connectivity index (χ2n) is 7.56.